The molecule has 0 aromatic carbocycles. The van der Waals surface area contributed by atoms with Gasteiger partial charge in [-0.15, -0.1) is 0 Å². The van der Waals surface area contributed by atoms with Crippen LogP contribution in [0.1, 0.15) is 18.6 Å². The molecule has 0 atom stereocenters. The quantitative estimate of drug-likeness (QED) is 0.814. The molecule has 4 nitrogen and oxygen atoms in total. The van der Waals surface area contributed by atoms with E-state index in [2.05, 4.69) is 17.3 Å². The summed E-state index contributed by atoms with van der Waals surface area (Å²) >= 11 is 0. The van der Waals surface area contributed by atoms with Crippen LogP contribution < -0.4 is 5.32 Å². The minimum atomic E-state index is 0.640. The van der Waals surface area contributed by atoms with Crippen molar-refractivity contribution >= 4 is 0 Å². The molecule has 0 saturated carbocycles. The molecule has 1 aliphatic heterocycles. The zero-order valence-electron chi connectivity index (χ0n) is 10.5. The van der Waals surface area contributed by atoms with E-state index < -0.39 is 0 Å². The van der Waals surface area contributed by atoms with Crippen molar-refractivity contribution in [1.82, 2.24) is 10.2 Å². The molecule has 2 heterocycles. The first kappa shape index (κ1) is 12.6. The van der Waals surface area contributed by atoms with Crippen LogP contribution in [-0.2, 0) is 11.3 Å². The van der Waals surface area contributed by atoms with E-state index in [0.29, 0.717) is 6.04 Å². The van der Waals surface area contributed by atoms with Gasteiger partial charge in [-0.1, -0.05) is 0 Å². The fourth-order valence-electron chi connectivity index (χ4n) is 2.11. The lowest BCUT2D eigenvalue weighted by Gasteiger charge is -2.24. The summed E-state index contributed by atoms with van der Waals surface area (Å²) in [5.74, 6) is 1.03. The molecule has 0 unspecified atom stereocenters. The summed E-state index contributed by atoms with van der Waals surface area (Å²) in [5, 5.41) is 3.58. The van der Waals surface area contributed by atoms with Crippen LogP contribution in [0.15, 0.2) is 22.8 Å². The molecule has 0 aliphatic carbocycles. The van der Waals surface area contributed by atoms with Crippen LogP contribution in [0.2, 0.25) is 0 Å². The van der Waals surface area contributed by atoms with Crippen LogP contribution in [0.5, 0.6) is 0 Å². The number of ether oxygens (including phenoxy) is 1. The zero-order chi connectivity index (χ0) is 11.9. The Hall–Kier alpha value is -0.840. The minimum Gasteiger partial charge on any atom is -0.468 e. The van der Waals surface area contributed by atoms with Crippen molar-refractivity contribution in [2.75, 3.05) is 33.4 Å². The third-order valence-electron chi connectivity index (χ3n) is 3.15. The summed E-state index contributed by atoms with van der Waals surface area (Å²) in [4.78, 5) is 2.27. The molecule has 0 amide bonds. The first-order chi connectivity index (χ1) is 8.34. The van der Waals surface area contributed by atoms with E-state index in [1.807, 2.05) is 12.1 Å². The lowest BCUT2D eigenvalue weighted by Crippen LogP contribution is -2.39. The van der Waals surface area contributed by atoms with Crippen molar-refractivity contribution in [3.05, 3.63) is 24.2 Å². The average molecular weight is 238 g/mol. The Morgan fingerprint density at radius 2 is 2.24 bits per heavy atom. The third-order valence-corrected chi connectivity index (χ3v) is 3.15. The fourth-order valence-corrected chi connectivity index (χ4v) is 2.11. The number of hydrogen-bond donors (Lipinski definition) is 1. The average Bonchev–Trinajstić information content (AvgIpc) is 2.83. The Labute approximate surface area is 103 Å². The SMILES string of the molecule is CN(CCNC1CCOCC1)Cc1ccco1. The molecule has 1 aromatic rings. The second kappa shape index (κ2) is 6.79. The summed E-state index contributed by atoms with van der Waals surface area (Å²) in [5.41, 5.74) is 0. The van der Waals surface area contributed by atoms with Gasteiger partial charge in [0.05, 0.1) is 12.8 Å². The molecule has 2 rings (SSSR count). The lowest BCUT2D eigenvalue weighted by atomic mass is 10.1. The number of likely N-dealkylation sites (N-methyl/N-ethyl adjacent to an activating group) is 1. The third kappa shape index (κ3) is 4.50. The Kier molecular flexibility index (Phi) is 5.04. The number of hydrogen-bond acceptors (Lipinski definition) is 4. The highest BCUT2D eigenvalue weighted by atomic mass is 16.5. The van der Waals surface area contributed by atoms with Gasteiger partial charge < -0.3 is 14.5 Å². The highest BCUT2D eigenvalue weighted by molar-refractivity contribution is 4.97. The monoisotopic (exact) mass is 238 g/mol. The Morgan fingerprint density at radius 3 is 2.94 bits per heavy atom. The molecule has 4 heteroatoms. The van der Waals surface area contributed by atoms with Crippen LogP contribution in [0, 0.1) is 0 Å². The molecule has 0 spiro atoms. The van der Waals surface area contributed by atoms with E-state index in [1.54, 1.807) is 6.26 Å². The van der Waals surface area contributed by atoms with Crippen LogP contribution >= 0.6 is 0 Å². The summed E-state index contributed by atoms with van der Waals surface area (Å²) in [6.07, 6.45) is 4.01. The van der Waals surface area contributed by atoms with Crippen molar-refractivity contribution in [3.63, 3.8) is 0 Å². The van der Waals surface area contributed by atoms with Gasteiger partial charge >= 0.3 is 0 Å². The van der Waals surface area contributed by atoms with Gasteiger partial charge in [0.2, 0.25) is 0 Å². The lowest BCUT2D eigenvalue weighted by molar-refractivity contribution is 0.0773. The second-order valence-corrected chi connectivity index (χ2v) is 4.66. The van der Waals surface area contributed by atoms with Gasteiger partial charge in [0, 0.05) is 32.3 Å². The van der Waals surface area contributed by atoms with Crippen LogP contribution in [0.4, 0.5) is 0 Å². The van der Waals surface area contributed by atoms with Gasteiger partial charge in [-0.2, -0.15) is 0 Å². The van der Waals surface area contributed by atoms with Crippen molar-refractivity contribution in [3.8, 4) is 0 Å². The molecule has 1 aliphatic rings. The van der Waals surface area contributed by atoms with E-state index in [4.69, 9.17) is 9.15 Å². The Bertz CT molecular complexity index is 294. The summed E-state index contributed by atoms with van der Waals surface area (Å²) in [6.45, 7) is 4.75. The van der Waals surface area contributed by atoms with Crippen molar-refractivity contribution in [2.45, 2.75) is 25.4 Å². The van der Waals surface area contributed by atoms with Crippen molar-refractivity contribution in [2.24, 2.45) is 0 Å². The number of nitrogens with one attached hydrogen (secondary N) is 1. The predicted molar refractivity (Wildman–Crippen MR) is 66.9 cm³/mol. The predicted octanol–water partition coefficient (Wildman–Crippen LogP) is 1.48. The molecule has 1 aromatic heterocycles. The first-order valence-corrected chi connectivity index (χ1v) is 6.36. The van der Waals surface area contributed by atoms with Crippen LogP contribution in [0.3, 0.4) is 0 Å². The summed E-state index contributed by atoms with van der Waals surface area (Å²) in [6, 6.07) is 4.59. The molecule has 0 bridgehead atoms. The van der Waals surface area contributed by atoms with E-state index in [-0.39, 0.29) is 0 Å². The molecule has 96 valence electrons. The normalized spacial score (nSPS) is 17.8. The molecule has 0 radical (unpaired) electrons. The maximum atomic E-state index is 5.33. The van der Waals surface area contributed by atoms with E-state index >= 15 is 0 Å². The summed E-state index contributed by atoms with van der Waals surface area (Å²) < 4.78 is 10.7. The maximum absolute atomic E-state index is 5.33. The van der Waals surface area contributed by atoms with Gasteiger partial charge in [-0.05, 0) is 32.0 Å². The van der Waals surface area contributed by atoms with Gasteiger partial charge in [-0.3, -0.25) is 4.90 Å². The molecule has 1 saturated heterocycles. The summed E-state index contributed by atoms with van der Waals surface area (Å²) in [7, 11) is 2.12. The van der Waals surface area contributed by atoms with Crippen LogP contribution in [0.25, 0.3) is 0 Å². The zero-order valence-corrected chi connectivity index (χ0v) is 10.5. The topological polar surface area (TPSA) is 37.6 Å². The smallest absolute Gasteiger partial charge is 0.117 e. The highest BCUT2D eigenvalue weighted by Crippen LogP contribution is 2.06. The van der Waals surface area contributed by atoms with Crippen molar-refractivity contribution < 1.29 is 9.15 Å². The van der Waals surface area contributed by atoms with E-state index in [0.717, 1.165) is 51.4 Å². The van der Waals surface area contributed by atoms with E-state index in [9.17, 15) is 0 Å². The van der Waals surface area contributed by atoms with Gasteiger partial charge in [0.1, 0.15) is 5.76 Å². The standard InChI is InChI=1S/C13H22N2O2/c1-15(11-13-3-2-8-17-13)7-6-14-12-4-9-16-10-5-12/h2-3,8,12,14H,4-7,9-11H2,1H3. The minimum absolute atomic E-state index is 0.640. The molecule has 17 heavy (non-hydrogen) atoms. The Morgan fingerprint density at radius 1 is 1.41 bits per heavy atom. The van der Waals surface area contributed by atoms with Crippen LogP contribution in [-0.4, -0.2) is 44.3 Å². The van der Waals surface area contributed by atoms with Gasteiger partial charge in [0.15, 0.2) is 0 Å². The number of nitrogens with zero attached hydrogens (tertiary/aromatic N) is 1. The van der Waals surface area contributed by atoms with E-state index in [1.165, 1.54) is 0 Å². The molecular formula is C13H22N2O2. The Balaban J connectivity index is 1.58. The molecule has 1 fully saturated rings. The highest BCUT2D eigenvalue weighted by Gasteiger charge is 2.12. The van der Waals surface area contributed by atoms with Crippen molar-refractivity contribution in [1.29, 1.82) is 0 Å². The molecular weight excluding hydrogens is 216 g/mol. The second-order valence-electron chi connectivity index (χ2n) is 4.66. The fraction of sp³-hybridized carbons (Fsp3) is 0.692. The maximum Gasteiger partial charge on any atom is 0.117 e. The molecule has 1 N–H and O–H groups in total. The van der Waals surface area contributed by atoms with Gasteiger partial charge in [0.25, 0.3) is 0 Å². The van der Waals surface area contributed by atoms with Gasteiger partial charge in [-0.25, -0.2) is 0 Å². The largest absolute Gasteiger partial charge is 0.468 e. The number of rotatable bonds is 6. The number of furan rings is 1. The first-order valence-electron chi connectivity index (χ1n) is 6.36.